The number of likely N-dealkylation sites (tertiary alicyclic amines) is 1. The maximum absolute atomic E-state index is 12.8. The van der Waals surface area contributed by atoms with Crippen LogP contribution in [0.25, 0.3) is 11.0 Å². The fourth-order valence-electron chi connectivity index (χ4n) is 3.73. The monoisotopic (exact) mass is 452 g/mol. The predicted molar refractivity (Wildman–Crippen MR) is 121 cm³/mol. The fraction of sp³-hybridized carbons (Fsp3) is 0.273. The number of nitrogens with one attached hydrogen (secondary N) is 1. The number of fused-ring (bicyclic) bond motifs is 1. The van der Waals surface area contributed by atoms with Gasteiger partial charge >= 0.3 is 0 Å². The smallest absolute Gasteiger partial charge is 0.289 e. The third-order valence-electron chi connectivity index (χ3n) is 5.36. The van der Waals surface area contributed by atoms with Crippen molar-refractivity contribution >= 4 is 50.6 Å². The van der Waals surface area contributed by atoms with Gasteiger partial charge in [0.2, 0.25) is 0 Å². The normalized spacial score (nSPS) is 14.8. The van der Waals surface area contributed by atoms with Crippen LogP contribution in [-0.4, -0.2) is 39.8 Å². The van der Waals surface area contributed by atoms with E-state index in [1.54, 1.807) is 17.6 Å². The Kier molecular flexibility index (Phi) is 5.29. The van der Waals surface area contributed by atoms with Crippen molar-refractivity contribution in [2.24, 2.45) is 0 Å². The Hall–Kier alpha value is -3.04. The summed E-state index contributed by atoms with van der Waals surface area (Å²) in [5, 5.41) is 7.04. The highest BCUT2D eigenvalue weighted by molar-refractivity contribution is 7.15. The molecule has 0 spiro atoms. The van der Waals surface area contributed by atoms with Crippen molar-refractivity contribution in [2.75, 3.05) is 18.4 Å². The number of benzene rings is 1. The van der Waals surface area contributed by atoms with E-state index in [1.165, 1.54) is 22.7 Å². The standard InChI is InChI=1S/C22H20N4O3S2/c1-13-11-23-22(31-13)25-19(27)16-12-30-20(24-16)14-6-8-26(9-7-14)21(28)18-10-15-4-2-3-5-17(15)29-18/h2-5,10-12,14H,6-9H2,1H3,(H,23,25,27). The van der Waals surface area contributed by atoms with Gasteiger partial charge in [-0.1, -0.05) is 18.2 Å². The maximum atomic E-state index is 12.8. The summed E-state index contributed by atoms with van der Waals surface area (Å²) in [4.78, 5) is 36.9. The molecule has 158 valence electrons. The highest BCUT2D eigenvalue weighted by Gasteiger charge is 2.28. The van der Waals surface area contributed by atoms with E-state index in [2.05, 4.69) is 15.3 Å². The van der Waals surface area contributed by atoms with Crippen LogP contribution in [0.5, 0.6) is 0 Å². The highest BCUT2D eigenvalue weighted by Crippen LogP contribution is 2.31. The first kappa shape index (κ1) is 19.9. The lowest BCUT2D eigenvalue weighted by Gasteiger charge is -2.30. The van der Waals surface area contributed by atoms with Gasteiger partial charge in [-0.2, -0.15) is 0 Å². The number of hydrogen-bond donors (Lipinski definition) is 1. The number of anilines is 1. The van der Waals surface area contributed by atoms with Crippen LogP contribution in [0.4, 0.5) is 5.13 Å². The molecule has 4 heterocycles. The molecule has 0 aliphatic carbocycles. The molecule has 0 atom stereocenters. The Morgan fingerprint density at radius 1 is 1.23 bits per heavy atom. The second kappa shape index (κ2) is 8.24. The Bertz CT molecular complexity index is 1220. The number of carbonyl (C=O) groups excluding carboxylic acids is 2. The molecule has 1 saturated heterocycles. The molecule has 2 amide bonds. The third kappa shape index (κ3) is 4.11. The summed E-state index contributed by atoms with van der Waals surface area (Å²) in [5.41, 5.74) is 1.14. The van der Waals surface area contributed by atoms with E-state index in [9.17, 15) is 9.59 Å². The van der Waals surface area contributed by atoms with E-state index in [0.717, 1.165) is 33.7 Å². The van der Waals surface area contributed by atoms with Crippen LogP contribution in [-0.2, 0) is 0 Å². The molecule has 9 heteroatoms. The zero-order chi connectivity index (χ0) is 21.4. The molecular weight excluding hydrogens is 432 g/mol. The zero-order valence-corrected chi connectivity index (χ0v) is 18.5. The lowest BCUT2D eigenvalue weighted by Crippen LogP contribution is -2.37. The summed E-state index contributed by atoms with van der Waals surface area (Å²) in [7, 11) is 0. The molecule has 0 radical (unpaired) electrons. The quantitative estimate of drug-likeness (QED) is 0.474. The van der Waals surface area contributed by atoms with Crippen molar-refractivity contribution in [3.05, 3.63) is 63.2 Å². The molecule has 5 rings (SSSR count). The van der Waals surface area contributed by atoms with Gasteiger partial charge in [0.25, 0.3) is 11.8 Å². The molecule has 4 aromatic rings. The lowest BCUT2D eigenvalue weighted by atomic mass is 9.97. The van der Waals surface area contributed by atoms with Crippen molar-refractivity contribution in [2.45, 2.75) is 25.7 Å². The van der Waals surface area contributed by atoms with Gasteiger partial charge in [0.1, 0.15) is 11.3 Å². The van der Waals surface area contributed by atoms with E-state index in [0.29, 0.717) is 29.7 Å². The number of hydrogen-bond acceptors (Lipinski definition) is 7. The molecule has 1 aliphatic rings. The number of nitrogens with zero attached hydrogens (tertiary/aromatic N) is 3. The summed E-state index contributed by atoms with van der Waals surface area (Å²) < 4.78 is 5.72. The fourth-order valence-corrected chi connectivity index (χ4v) is 5.36. The molecular formula is C22H20N4O3S2. The summed E-state index contributed by atoms with van der Waals surface area (Å²) in [6.45, 7) is 3.22. The van der Waals surface area contributed by atoms with Crippen molar-refractivity contribution in [1.29, 1.82) is 0 Å². The summed E-state index contributed by atoms with van der Waals surface area (Å²) in [6, 6.07) is 9.43. The molecule has 1 aliphatic heterocycles. The third-order valence-corrected chi connectivity index (χ3v) is 7.20. The van der Waals surface area contributed by atoms with E-state index in [1.807, 2.05) is 36.1 Å². The van der Waals surface area contributed by atoms with Crippen LogP contribution in [0.2, 0.25) is 0 Å². The Morgan fingerprint density at radius 3 is 2.77 bits per heavy atom. The Balaban J connectivity index is 1.20. The maximum Gasteiger partial charge on any atom is 0.289 e. The molecule has 1 N–H and O–H groups in total. The van der Waals surface area contributed by atoms with Crippen LogP contribution in [0.3, 0.4) is 0 Å². The van der Waals surface area contributed by atoms with E-state index >= 15 is 0 Å². The van der Waals surface area contributed by atoms with Crippen LogP contribution in [0, 0.1) is 6.92 Å². The van der Waals surface area contributed by atoms with Gasteiger partial charge in [0.15, 0.2) is 10.9 Å². The minimum Gasteiger partial charge on any atom is -0.451 e. The predicted octanol–water partition coefficient (Wildman–Crippen LogP) is 4.93. The molecule has 3 aromatic heterocycles. The van der Waals surface area contributed by atoms with Gasteiger partial charge < -0.3 is 9.32 Å². The molecule has 1 aromatic carbocycles. The van der Waals surface area contributed by atoms with Crippen molar-refractivity contribution in [3.63, 3.8) is 0 Å². The van der Waals surface area contributed by atoms with Crippen LogP contribution >= 0.6 is 22.7 Å². The Morgan fingerprint density at radius 2 is 2.03 bits per heavy atom. The minimum absolute atomic E-state index is 0.0763. The van der Waals surface area contributed by atoms with Crippen LogP contribution in [0.15, 0.2) is 46.3 Å². The number of aromatic nitrogens is 2. The summed E-state index contributed by atoms with van der Waals surface area (Å²) in [5.74, 6) is 0.306. The number of thiazole rings is 2. The van der Waals surface area contributed by atoms with E-state index in [-0.39, 0.29) is 17.7 Å². The van der Waals surface area contributed by atoms with Crippen LogP contribution < -0.4 is 5.32 Å². The van der Waals surface area contributed by atoms with Gasteiger partial charge in [0, 0.05) is 40.8 Å². The average molecular weight is 453 g/mol. The summed E-state index contributed by atoms with van der Waals surface area (Å²) in [6.07, 6.45) is 3.35. The second-order valence-corrected chi connectivity index (χ2v) is 9.64. The van der Waals surface area contributed by atoms with Crippen molar-refractivity contribution in [3.8, 4) is 0 Å². The molecule has 31 heavy (non-hydrogen) atoms. The van der Waals surface area contributed by atoms with Gasteiger partial charge in [-0.25, -0.2) is 9.97 Å². The zero-order valence-electron chi connectivity index (χ0n) is 16.8. The number of para-hydroxylation sites is 1. The average Bonchev–Trinajstić information content (AvgIpc) is 3.53. The van der Waals surface area contributed by atoms with Crippen molar-refractivity contribution in [1.82, 2.24) is 14.9 Å². The number of rotatable bonds is 4. The van der Waals surface area contributed by atoms with Crippen LogP contribution in [0.1, 0.15) is 49.7 Å². The van der Waals surface area contributed by atoms with E-state index < -0.39 is 0 Å². The first-order valence-corrected chi connectivity index (χ1v) is 11.7. The topological polar surface area (TPSA) is 88.3 Å². The SMILES string of the molecule is Cc1cnc(NC(=O)c2csc(C3CCN(C(=O)c4cc5ccccc5o4)CC3)n2)s1. The number of aryl methyl sites for hydroxylation is 1. The minimum atomic E-state index is -0.241. The first-order valence-electron chi connectivity index (χ1n) is 10.0. The number of amides is 2. The molecule has 1 fully saturated rings. The number of piperidine rings is 1. The number of furan rings is 1. The first-order chi connectivity index (χ1) is 15.1. The molecule has 0 saturated carbocycles. The van der Waals surface area contributed by atoms with E-state index in [4.69, 9.17) is 4.42 Å². The highest BCUT2D eigenvalue weighted by atomic mass is 32.1. The summed E-state index contributed by atoms with van der Waals surface area (Å²) >= 11 is 2.93. The van der Waals surface area contributed by atoms with Gasteiger partial charge in [0.05, 0.1) is 5.01 Å². The lowest BCUT2D eigenvalue weighted by molar-refractivity contribution is 0.0683. The molecule has 0 unspecified atom stereocenters. The second-order valence-electron chi connectivity index (χ2n) is 7.52. The largest absolute Gasteiger partial charge is 0.451 e. The number of carbonyl (C=O) groups is 2. The van der Waals surface area contributed by atoms with Crippen molar-refractivity contribution < 1.29 is 14.0 Å². The molecule has 7 nitrogen and oxygen atoms in total. The Labute approximate surface area is 186 Å². The van der Waals surface area contributed by atoms with Gasteiger partial charge in [-0.3, -0.25) is 14.9 Å². The molecule has 0 bridgehead atoms. The van der Waals surface area contributed by atoms with Gasteiger partial charge in [-0.05, 0) is 31.9 Å². The van der Waals surface area contributed by atoms with Gasteiger partial charge in [-0.15, -0.1) is 22.7 Å².